The quantitative estimate of drug-likeness (QED) is 0.562. The molecule has 1 saturated heterocycles. The van der Waals surface area contributed by atoms with Gasteiger partial charge in [0.15, 0.2) is 0 Å². The third-order valence-electron chi connectivity index (χ3n) is 2.97. The molecule has 2 unspecified atom stereocenters. The van der Waals surface area contributed by atoms with Gasteiger partial charge >= 0.3 is 12.1 Å². The Balaban J connectivity index is 3.12. The van der Waals surface area contributed by atoms with E-state index in [1.54, 1.807) is 0 Å². The second-order valence-electron chi connectivity index (χ2n) is 5.36. The number of amides is 1. The van der Waals surface area contributed by atoms with Crippen LogP contribution in [-0.2, 0) is 9.53 Å². The van der Waals surface area contributed by atoms with Gasteiger partial charge in [0.25, 0.3) is 0 Å². The Morgan fingerprint density at radius 3 is 2.35 bits per heavy atom. The van der Waals surface area contributed by atoms with E-state index >= 15 is 0 Å². The molecule has 0 spiro atoms. The molecule has 5 heteroatoms. The minimum atomic E-state index is -1.11. The van der Waals surface area contributed by atoms with Crippen molar-refractivity contribution in [2.24, 2.45) is 5.41 Å². The Morgan fingerprint density at radius 1 is 1.47 bits per heavy atom. The molecule has 0 radical (unpaired) electrons. The van der Waals surface area contributed by atoms with Crippen LogP contribution in [0.25, 0.3) is 0 Å². The summed E-state index contributed by atoms with van der Waals surface area (Å²) in [6.45, 7) is 9.68. The van der Waals surface area contributed by atoms with Crippen molar-refractivity contribution in [3.8, 4) is 0 Å². The number of esters is 1. The number of nitrogens with zero attached hydrogens (tertiary/aromatic N) is 1. The number of hydrogen-bond acceptors (Lipinski definition) is 3. The average molecular weight is 241 g/mol. The SMILES string of the molecule is C=C1CC(C(=O)OC)N(C(=O)O)C1C(C)(C)C. The summed E-state index contributed by atoms with van der Waals surface area (Å²) in [6, 6.07) is -1.13. The predicted molar refractivity (Wildman–Crippen MR) is 62.7 cm³/mol. The van der Waals surface area contributed by atoms with Crippen LogP contribution in [0.2, 0.25) is 0 Å². The molecule has 1 fully saturated rings. The van der Waals surface area contributed by atoms with Crippen molar-refractivity contribution in [1.29, 1.82) is 0 Å². The maximum Gasteiger partial charge on any atom is 0.408 e. The van der Waals surface area contributed by atoms with Gasteiger partial charge in [-0.05, 0) is 5.41 Å². The minimum Gasteiger partial charge on any atom is -0.467 e. The molecule has 0 aromatic heterocycles. The van der Waals surface area contributed by atoms with Gasteiger partial charge < -0.3 is 9.84 Å². The van der Waals surface area contributed by atoms with E-state index in [1.807, 2.05) is 20.8 Å². The van der Waals surface area contributed by atoms with Gasteiger partial charge in [0.1, 0.15) is 6.04 Å². The van der Waals surface area contributed by atoms with E-state index in [1.165, 1.54) is 7.11 Å². The Kier molecular flexibility index (Phi) is 3.50. The van der Waals surface area contributed by atoms with Gasteiger partial charge in [0.05, 0.1) is 13.2 Å². The van der Waals surface area contributed by atoms with E-state index in [0.717, 1.165) is 10.5 Å². The zero-order chi connectivity index (χ0) is 13.4. The Bertz CT molecular complexity index is 356. The highest BCUT2D eigenvalue weighted by molar-refractivity contribution is 5.83. The molecule has 96 valence electrons. The third-order valence-corrected chi connectivity index (χ3v) is 2.97. The first-order valence-corrected chi connectivity index (χ1v) is 5.47. The van der Waals surface area contributed by atoms with Crippen LogP contribution in [0.5, 0.6) is 0 Å². The maximum atomic E-state index is 11.6. The van der Waals surface area contributed by atoms with Crippen molar-refractivity contribution in [2.75, 3.05) is 7.11 Å². The lowest BCUT2D eigenvalue weighted by molar-refractivity contribution is -0.146. The van der Waals surface area contributed by atoms with E-state index in [4.69, 9.17) is 0 Å². The second-order valence-corrected chi connectivity index (χ2v) is 5.36. The van der Waals surface area contributed by atoms with Gasteiger partial charge in [-0.3, -0.25) is 4.90 Å². The molecule has 0 aromatic carbocycles. The standard InChI is InChI=1S/C12H19NO4/c1-7-6-8(10(14)17-5)13(11(15)16)9(7)12(2,3)4/h8-9H,1,6H2,2-5H3,(H,15,16). The summed E-state index contributed by atoms with van der Waals surface area (Å²) in [5, 5.41) is 9.26. The topological polar surface area (TPSA) is 66.8 Å². The number of likely N-dealkylation sites (tertiary alicyclic amines) is 1. The summed E-state index contributed by atoms with van der Waals surface area (Å²) in [5.41, 5.74) is 0.466. The lowest BCUT2D eigenvalue weighted by Gasteiger charge is -2.35. The first-order valence-electron chi connectivity index (χ1n) is 5.47. The van der Waals surface area contributed by atoms with E-state index < -0.39 is 18.1 Å². The monoisotopic (exact) mass is 241 g/mol. The Labute approximate surface area is 101 Å². The zero-order valence-electron chi connectivity index (χ0n) is 10.7. The molecule has 2 atom stereocenters. The van der Waals surface area contributed by atoms with Gasteiger partial charge in [0.2, 0.25) is 0 Å². The molecule has 5 nitrogen and oxygen atoms in total. The van der Waals surface area contributed by atoms with Crippen LogP contribution in [0.3, 0.4) is 0 Å². The largest absolute Gasteiger partial charge is 0.467 e. The van der Waals surface area contributed by atoms with Gasteiger partial charge in [-0.2, -0.15) is 0 Å². The van der Waals surface area contributed by atoms with Gasteiger partial charge in [-0.25, -0.2) is 9.59 Å². The Morgan fingerprint density at radius 2 is 2.00 bits per heavy atom. The summed E-state index contributed by atoms with van der Waals surface area (Å²) in [6.07, 6.45) is -0.778. The van der Waals surface area contributed by atoms with Crippen molar-refractivity contribution in [3.05, 3.63) is 12.2 Å². The predicted octanol–water partition coefficient (Wildman–Crippen LogP) is 1.88. The van der Waals surface area contributed by atoms with E-state index in [9.17, 15) is 14.7 Å². The second kappa shape index (κ2) is 4.39. The van der Waals surface area contributed by atoms with Crippen LogP contribution in [0, 0.1) is 5.41 Å². The highest BCUT2D eigenvalue weighted by Crippen LogP contribution is 2.39. The van der Waals surface area contributed by atoms with Crippen molar-refractivity contribution in [1.82, 2.24) is 4.90 Å². The molecule has 1 rings (SSSR count). The van der Waals surface area contributed by atoms with Crippen LogP contribution in [0.15, 0.2) is 12.2 Å². The summed E-state index contributed by atoms with van der Waals surface area (Å²) >= 11 is 0. The fourth-order valence-corrected chi connectivity index (χ4v) is 2.44. The number of carbonyl (C=O) groups is 2. The average Bonchev–Trinajstić information content (AvgIpc) is 2.54. The van der Waals surface area contributed by atoms with E-state index in [2.05, 4.69) is 11.3 Å². The minimum absolute atomic E-state index is 0.293. The molecule has 1 heterocycles. The third kappa shape index (κ3) is 2.43. The molecular weight excluding hydrogens is 222 g/mol. The smallest absolute Gasteiger partial charge is 0.408 e. The molecule has 0 aliphatic carbocycles. The number of ether oxygens (including phenoxy) is 1. The number of hydrogen-bond donors (Lipinski definition) is 1. The molecular formula is C12H19NO4. The highest BCUT2D eigenvalue weighted by Gasteiger charge is 2.48. The first kappa shape index (κ1) is 13.5. The van der Waals surface area contributed by atoms with Crippen LogP contribution in [0.4, 0.5) is 4.79 Å². The molecule has 1 aliphatic rings. The fraction of sp³-hybridized carbons (Fsp3) is 0.667. The lowest BCUT2D eigenvalue weighted by Crippen LogP contribution is -2.49. The Hall–Kier alpha value is -1.52. The summed E-state index contributed by atoms with van der Waals surface area (Å²) in [4.78, 5) is 24.1. The molecule has 17 heavy (non-hydrogen) atoms. The number of methoxy groups -OCH3 is 1. The molecule has 0 saturated carbocycles. The summed E-state index contributed by atoms with van der Waals surface area (Å²) in [7, 11) is 1.26. The highest BCUT2D eigenvalue weighted by atomic mass is 16.5. The van der Waals surface area contributed by atoms with Gasteiger partial charge in [-0.1, -0.05) is 32.9 Å². The van der Waals surface area contributed by atoms with Gasteiger partial charge in [0, 0.05) is 6.42 Å². The molecule has 0 bridgehead atoms. The zero-order valence-corrected chi connectivity index (χ0v) is 10.7. The molecule has 1 aliphatic heterocycles. The first-order chi connectivity index (χ1) is 7.70. The summed E-state index contributed by atoms with van der Waals surface area (Å²) < 4.78 is 4.64. The van der Waals surface area contributed by atoms with Crippen molar-refractivity contribution in [3.63, 3.8) is 0 Å². The number of rotatable bonds is 1. The molecule has 0 aromatic rings. The van der Waals surface area contributed by atoms with Gasteiger partial charge in [-0.15, -0.1) is 0 Å². The molecule has 1 amide bonds. The van der Waals surface area contributed by atoms with Crippen LogP contribution in [-0.4, -0.2) is 41.3 Å². The van der Waals surface area contributed by atoms with Crippen molar-refractivity contribution < 1.29 is 19.4 Å². The lowest BCUT2D eigenvalue weighted by atomic mass is 9.83. The van der Waals surface area contributed by atoms with Crippen LogP contribution < -0.4 is 0 Å². The summed E-state index contributed by atoms with van der Waals surface area (Å²) in [5.74, 6) is -0.527. The van der Waals surface area contributed by atoms with Crippen molar-refractivity contribution >= 4 is 12.1 Å². The maximum absolute atomic E-state index is 11.6. The number of carbonyl (C=O) groups excluding carboxylic acids is 1. The van der Waals surface area contributed by atoms with Crippen LogP contribution in [0.1, 0.15) is 27.2 Å². The van der Waals surface area contributed by atoms with Crippen molar-refractivity contribution in [2.45, 2.75) is 39.3 Å². The number of carboxylic acid groups (broad SMARTS) is 1. The molecule has 1 N–H and O–H groups in total. The van der Waals surface area contributed by atoms with E-state index in [0.29, 0.717) is 6.42 Å². The van der Waals surface area contributed by atoms with E-state index in [-0.39, 0.29) is 11.5 Å². The van der Waals surface area contributed by atoms with Crippen LogP contribution >= 0.6 is 0 Å². The fourth-order valence-electron chi connectivity index (χ4n) is 2.44. The normalized spacial score (nSPS) is 24.9.